The van der Waals surface area contributed by atoms with Crippen molar-refractivity contribution in [3.05, 3.63) is 24.0 Å². The highest BCUT2D eigenvalue weighted by Crippen LogP contribution is 2.33. The second kappa shape index (κ2) is 3.53. The van der Waals surface area contributed by atoms with Gasteiger partial charge in [0.15, 0.2) is 5.67 Å². The molecule has 0 amide bonds. The third kappa shape index (κ3) is 1.57. The molecule has 1 aliphatic rings. The first-order valence-corrected chi connectivity index (χ1v) is 4.64. The predicted molar refractivity (Wildman–Crippen MR) is 51.1 cm³/mol. The van der Waals surface area contributed by atoms with Crippen LogP contribution in [0.5, 0.6) is 5.75 Å². The van der Waals surface area contributed by atoms with Gasteiger partial charge >= 0.3 is 0 Å². The predicted octanol–water partition coefficient (Wildman–Crippen LogP) is 1.25. The Morgan fingerprint density at radius 3 is 3.07 bits per heavy atom. The van der Waals surface area contributed by atoms with Gasteiger partial charge in [-0.25, -0.2) is 4.39 Å². The number of halogens is 1. The second-order valence-corrected chi connectivity index (χ2v) is 3.51. The van der Waals surface area contributed by atoms with E-state index in [-0.39, 0.29) is 0 Å². The van der Waals surface area contributed by atoms with E-state index in [0.717, 1.165) is 0 Å². The van der Waals surface area contributed by atoms with Crippen LogP contribution in [0, 0.1) is 0 Å². The lowest BCUT2D eigenvalue weighted by atomic mass is 9.97. The van der Waals surface area contributed by atoms with Crippen LogP contribution in [0.4, 0.5) is 4.39 Å². The molecular weight excluding hydrogens is 183 g/mol. The highest BCUT2D eigenvalue weighted by molar-refractivity contribution is 5.29. The Labute approximate surface area is 82.3 Å². The fourth-order valence-corrected chi connectivity index (χ4v) is 1.68. The average Bonchev–Trinajstić information content (AvgIpc) is 2.67. The topological polar surface area (TPSA) is 34.1 Å². The van der Waals surface area contributed by atoms with Gasteiger partial charge in [0.25, 0.3) is 0 Å². The molecule has 1 saturated heterocycles. The van der Waals surface area contributed by atoms with E-state index in [1.165, 1.54) is 0 Å². The third-order valence-corrected chi connectivity index (χ3v) is 2.57. The SMILES string of the molecule is COc1cncc(C2(F)CCNC2)c1. The van der Waals surface area contributed by atoms with Crippen LogP contribution in [0.1, 0.15) is 12.0 Å². The van der Waals surface area contributed by atoms with Crippen molar-refractivity contribution in [3.8, 4) is 5.75 Å². The molecule has 1 unspecified atom stereocenters. The van der Waals surface area contributed by atoms with Crippen molar-refractivity contribution in [2.75, 3.05) is 20.2 Å². The Hall–Kier alpha value is -1.16. The summed E-state index contributed by atoms with van der Waals surface area (Å²) in [4.78, 5) is 3.95. The van der Waals surface area contributed by atoms with Crippen molar-refractivity contribution in [2.45, 2.75) is 12.1 Å². The molecule has 14 heavy (non-hydrogen) atoms. The first-order valence-electron chi connectivity index (χ1n) is 4.64. The fraction of sp³-hybridized carbons (Fsp3) is 0.500. The molecule has 76 valence electrons. The molecule has 0 spiro atoms. The first kappa shape index (κ1) is 9.40. The number of pyridine rings is 1. The Kier molecular flexibility index (Phi) is 2.37. The summed E-state index contributed by atoms with van der Waals surface area (Å²) >= 11 is 0. The van der Waals surface area contributed by atoms with Crippen molar-refractivity contribution < 1.29 is 9.13 Å². The van der Waals surface area contributed by atoms with E-state index in [2.05, 4.69) is 10.3 Å². The number of nitrogens with zero attached hydrogens (tertiary/aromatic N) is 1. The van der Waals surface area contributed by atoms with Gasteiger partial charge in [-0.3, -0.25) is 4.98 Å². The summed E-state index contributed by atoms with van der Waals surface area (Å²) in [6.07, 6.45) is 3.65. The molecule has 0 radical (unpaired) electrons. The maximum Gasteiger partial charge on any atom is 0.151 e. The Morgan fingerprint density at radius 1 is 1.57 bits per heavy atom. The second-order valence-electron chi connectivity index (χ2n) is 3.51. The van der Waals surface area contributed by atoms with E-state index in [9.17, 15) is 4.39 Å². The normalized spacial score (nSPS) is 26.4. The fourth-order valence-electron chi connectivity index (χ4n) is 1.68. The molecule has 1 atom stereocenters. The molecule has 1 aromatic heterocycles. The maximum absolute atomic E-state index is 14.2. The van der Waals surface area contributed by atoms with Crippen molar-refractivity contribution in [1.82, 2.24) is 10.3 Å². The molecule has 0 aromatic carbocycles. The maximum atomic E-state index is 14.2. The lowest BCUT2D eigenvalue weighted by Crippen LogP contribution is -2.23. The van der Waals surface area contributed by atoms with Crippen LogP contribution in [0.25, 0.3) is 0 Å². The Bertz CT molecular complexity index is 324. The van der Waals surface area contributed by atoms with Crippen molar-refractivity contribution in [3.63, 3.8) is 0 Å². The zero-order valence-corrected chi connectivity index (χ0v) is 8.09. The summed E-state index contributed by atoms with van der Waals surface area (Å²) in [5.41, 5.74) is -0.677. The zero-order valence-electron chi connectivity index (χ0n) is 8.09. The minimum absolute atomic E-state index is 0.363. The van der Waals surface area contributed by atoms with E-state index in [0.29, 0.717) is 30.8 Å². The molecule has 4 heteroatoms. The molecule has 0 aliphatic carbocycles. The standard InChI is InChI=1S/C10H13FN2O/c1-14-9-4-8(5-13-6-9)10(11)2-3-12-7-10/h4-6,12H,2-3,7H2,1H3. The minimum Gasteiger partial charge on any atom is -0.495 e. The average molecular weight is 196 g/mol. The van der Waals surface area contributed by atoms with Crippen LogP contribution in [-0.2, 0) is 5.67 Å². The van der Waals surface area contributed by atoms with Crippen molar-refractivity contribution >= 4 is 0 Å². The summed E-state index contributed by atoms with van der Waals surface area (Å²) in [7, 11) is 1.55. The van der Waals surface area contributed by atoms with E-state index in [4.69, 9.17) is 4.74 Å². The van der Waals surface area contributed by atoms with Crippen LogP contribution < -0.4 is 10.1 Å². The van der Waals surface area contributed by atoms with Crippen LogP contribution in [0.2, 0.25) is 0 Å². The molecule has 0 saturated carbocycles. The van der Waals surface area contributed by atoms with Crippen LogP contribution in [-0.4, -0.2) is 25.2 Å². The van der Waals surface area contributed by atoms with Crippen molar-refractivity contribution in [2.24, 2.45) is 0 Å². The summed E-state index contributed by atoms with van der Waals surface area (Å²) in [6.45, 7) is 1.08. The van der Waals surface area contributed by atoms with Gasteiger partial charge in [0, 0.05) is 18.3 Å². The number of ether oxygens (including phenoxy) is 1. The van der Waals surface area contributed by atoms with Gasteiger partial charge in [-0.2, -0.15) is 0 Å². The highest BCUT2D eigenvalue weighted by Gasteiger charge is 2.35. The van der Waals surface area contributed by atoms with Gasteiger partial charge in [-0.1, -0.05) is 0 Å². The number of hydrogen-bond acceptors (Lipinski definition) is 3. The molecule has 3 nitrogen and oxygen atoms in total. The molecule has 2 heterocycles. The smallest absolute Gasteiger partial charge is 0.151 e. The molecule has 1 aliphatic heterocycles. The Morgan fingerprint density at radius 2 is 2.43 bits per heavy atom. The molecule has 1 fully saturated rings. The summed E-state index contributed by atoms with van der Waals surface area (Å²) in [5.74, 6) is 0.603. The van der Waals surface area contributed by atoms with Gasteiger partial charge in [0.05, 0.1) is 13.3 Å². The minimum atomic E-state index is -1.28. The number of rotatable bonds is 2. The largest absolute Gasteiger partial charge is 0.495 e. The van der Waals surface area contributed by atoms with Gasteiger partial charge < -0.3 is 10.1 Å². The van der Waals surface area contributed by atoms with Gasteiger partial charge in [0.2, 0.25) is 0 Å². The molecule has 1 N–H and O–H groups in total. The van der Waals surface area contributed by atoms with Crippen LogP contribution in [0.15, 0.2) is 18.5 Å². The molecule has 1 aromatic rings. The van der Waals surface area contributed by atoms with Crippen molar-refractivity contribution in [1.29, 1.82) is 0 Å². The Balaban J connectivity index is 2.30. The number of alkyl halides is 1. The number of aromatic nitrogens is 1. The molecular formula is C10H13FN2O. The van der Waals surface area contributed by atoms with E-state index in [1.807, 2.05) is 0 Å². The van der Waals surface area contributed by atoms with E-state index < -0.39 is 5.67 Å². The van der Waals surface area contributed by atoms with Gasteiger partial charge in [0.1, 0.15) is 5.75 Å². The van der Waals surface area contributed by atoms with Crippen LogP contribution in [0.3, 0.4) is 0 Å². The molecule has 0 bridgehead atoms. The zero-order chi connectivity index (χ0) is 10.0. The lowest BCUT2D eigenvalue weighted by Gasteiger charge is -2.18. The summed E-state index contributed by atoms with van der Waals surface area (Å²) in [5, 5.41) is 3.01. The highest BCUT2D eigenvalue weighted by atomic mass is 19.1. The number of hydrogen-bond donors (Lipinski definition) is 1. The molecule has 2 rings (SSSR count). The monoisotopic (exact) mass is 196 g/mol. The first-order chi connectivity index (χ1) is 6.74. The van der Waals surface area contributed by atoms with E-state index >= 15 is 0 Å². The number of methoxy groups -OCH3 is 1. The van der Waals surface area contributed by atoms with Gasteiger partial charge in [-0.05, 0) is 19.0 Å². The van der Waals surface area contributed by atoms with Gasteiger partial charge in [-0.15, -0.1) is 0 Å². The van der Waals surface area contributed by atoms with E-state index in [1.54, 1.807) is 25.6 Å². The summed E-state index contributed by atoms with van der Waals surface area (Å²) in [6, 6.07) is 1.71. The lowest BCUT2D eigenvalue weighted by molar-refractivity contribution is 0.192. The third-order valence-electron chi connectivity index (χ3n) is 2.57. The quantitative estimate of drug-likeness (QED) is 0.773. The summed E-state index contributed by atoms with van der Waals surface area (Å²) < 4.78 is 19.2. The van der Waals surface area contributed by atoms with Crippen LogP contribution >= 0.6 is 0 Å². The number of nitrogens with one attached hydrogen (secondary N) is 1.